The van der Waals surface area contributed by atoms with E-state index in [1.807, 2.05) is 49.4 Å². The third kappa shape index (κ3) is 3.53. The molecule has 0 saturated heterocycles. The van der Waals surface area contributed by atoms with Crippen LogP contribution >= 0.6 is 11.6 Å². The molecular weight excluding hydrogens is 362 g/mol. The molecule has 0 bridgehead atoms. The van der Waals surface area contributed by atoms with Crippen molar-refractivity contribution in [2.75, 3.05) is 7.11 Å². The van der Waals surface area contributed by atoms with Gasteiger partial charge in [0.2, 0.25) is 0 Å². The average molecular weight is 382 g/mol. The molecule has 0 N–H and O–H groups in total. The van der Waals surface area contributed by atoms with Crippen LogP contribution < -0.4 is 0 Å². The third-order valence-electron chi connectivity index (χ3n) is 4.71. The van der Waals surface area contributed by atoms with Crippen molar-refractivity contribution in [3.05, 3.63) is 87.6 Å². The number of hydrogen-bond acceptors (Lipinski definition) is 3. The number of benzene rings is 2. The molecule has 1 amide bonds. The standard InChI is InChI=1S/C22H20ClNO3/c1-14(16-9-5-4-6-10-16)24-15(2)20(22(26)27-3)18(21(24)25)13-17-11-7-8-12-19(17)23/h4-14H,1-3H3/b18-13-/t14-/m0/s1. The molecule has 1 heterocycles. The highest BCUT2D eigenvalue weighted by atomic mass is 35.5. The molecule has 1 aliphatic heterocycles. The number of carbonyl (C=O) groups is 2. The molecule has 4 nitrogen and oxygen atoms in total. The number of esters is 1. The highest BCUT2D eigenvalue weighted by Crippen LogP contribution is 2.38. The summed E-state index contributed by atoms with van der Waals surface area (Å²) in [5, 5.41) is 0.509. The van der Waals surface area contributed by atoms with Crippen molar-refractivity contribution in [2.24, 2.45) is 0 Å². The molecular formula is C22H20ClNO3. The van der Waals surface area contributed by atoms with E-state index < -0.39 is 5.97 Å². The lowest BCUT2D eigenvalue weighted by Crippen LogP contribution is -2.28. The molecule has 2 aromatic rings. The van der Waals surface area contributed by atoms with Crippen LogP contribution in [-0.2, 0) is 14.3 Å². The summed E-state index contributed by atoms with van der Waals surface area (Å²) in [4.78, 5) is 27.3. The number of rotatable bonds is 4. The Morgan fingerprint density at radius 2 is 1.74 bits per heavy atom. The second kappa shape index (κ2) is 7.80. The van der Waals surface area contributed by atoms with Gasteiger partial charge >= 0.3 is 5.97 Å². The maximum atomic E-state index is 13.2. The molecule has 3 rings (SSSR count). The Kier molecular flexibility index (Phi) is 5.47. The summed E-state index contributed by atoms with van der Waals surface area (Å²) in [7, 11) is 1.31. The molecule has 5 heteroatoms. The summed E-state index contributed by atoms with van der Waals surface area (Å²) < 4.78 is 4.94. The normalized spacial score (nSPS) is 16.8. The van der Waals surface area contributed by atoms with E-state index in [-0.39, 0.29) is 23.1 Å². The SMILES string of the molecule is COC(=O)C1=C(C)N([C@@H](C)c2ccccc2)C(=O)/C1=C\c1ccccc1Cl. The summed E-state index contributed by atoms with van der Waals surface area (Å²) in [5.41, 5.74) is 2.78. The molecule has 0 radical (unpaired) electrons. The van der Waals surface area contributed by atoms with Crippen LogP contribution in [0.15, 0.2) is 71.4 Å². The molecule has 1 aliphatic rings. The summed E-state index contributed by atoms with van der Waals surface area (Å²) >= 11 is 6.24. The molecule has 138 valence electrons. The van der Waals surface area contributed by atoms with Crippen molar-refractivity contribution < 1.29 is 14.3 Å². The minimum Gasteiger partial charge on any atom is -0.465 e. The topological polar surface area (TPSA) is 46.6 Å². The zero-order chi connectivity index (χ0) is 19.6. The van der Waals surface area contributed by atoms with Gasteiger partial charge in [0, 0.05) is 10.7 Å². The number of amides is 1. The number of ether oxygens (including phenoxy) is 1. The van der Waals surface area contributed by atoms with Gasteiger partial charge < -0.3 is 9.64 Å². The maximum absolute atomic E-state index is 13.2. The van der Waals surface area contributed by atoms with E-state index in [2.05, 4.69) is 0 Å². The van der Waals surface area contributed by atoms with Crippen LogP contribution in [0.1, 0.15) is 31.0 Å². The first-order chi connectivity index (χ1) is 13.0. The van der Waals surface area contributed by atoms with Crippen LogP contribution in [0.3, 0.4) is 0 Å². The zero-order valence-corrected chi connectivity index (χ0v) is 16.2. The van der Waals surface area contributed by atoms with Gasteiger partial charge in [0.1, 0.15) is 0 Å². The summed E-state index contributed by atoms with van der Waals surface area (Å²) in [6.45, 7) is 3.70. The predicted octanol–water partition coefficient (Wildman–Crippen LogP) is 4.77. The number of halogens is 1. The Hall–Kier alpha value is -2.85. The van der Waals surface area contributed by atoms with Gasteiger partial charge in [0.05, 0.1) is 24.3 Å². The Morgan fingerprint density at radius 1 is 1.11 bits per heavy atom. The molecule has 1 atom stereocenters. The molecule has 0 spiro atoms. The van der Waals surface area contributed by atoms with Gasteiger partial charge in [0.25, 0.3) is 5.91 Å². The van der Waals surface area contributed by atoms with Gasteiger partial charge in [-0.25, -0.2) is 4.79 Å². The number of methoxy groups -OCH3 is 1. The minimum absolute atomic E-state index is 0.226. The highest BCUT2D eigenvalue weighted by Gasteiger charge is 2.39. The van der Waals surface area contributed by atoms with Crippen molar-refractivity contribution in [3.63, 3.8) is 0 Å². The van der Waals surface area contributed by atoms with Gasteiger partial charge in [-0.1, -0.05) is 60.1 Å². The monoisotopic (exact) mass is 381 g/mol. The molecule has 27 heavy (non-hydrogen) atoms. The van der Waals surface area contributed by atoms with Gasteiger partial charge in [-0.3, -0.25) is 4.79 Å². The quantitative estimate of drug-likeness (QED) is 0.566. The molecule has 2 aromatic carbocycles. The molecule has 0 fully saturated rings. The van der Waals surface area contributed by atoms with Crippen LogP contribution in [0.5, 0.6) is 0 Å². The van der Waals surface area contributed by atoms with E-state index >= 15 is 0 Å². The summed E-state index contributed by atoms with van der Waals surface area (Å²) in [6.07, 6.45) is 1.65. The first-order valence-electron chi connectivity index (χ1n) is 8.60. The fourth-order valence-electron chi connectivity index (χ4n) is 3.29. The van der Waals surface area contributed by atoms with Gasteiger partial charge in [0.15, 0.2) is 0 Å². The fraction of sp³-hybridized carbons (Fsp3) is 0.182. The Morgan fingerprint density at radius 3 is 2.37 bits per heavy atom. The molecule has 0 saturated carbocycles. The second-order valence-electron chi connectivity index (χ2n) is 6.29. The van der Waals surface area contributed by atoms with Crippen LogP contribution in [0.2, 0.25) is 5.02 Å². The molecule has 0 unspecified atom stereocenters. The van der Waals surface area contributed by atoms with E-state index in [1.165, 1.54) is 7.11 Å². The second-order valence-corrected chi connectivity index (χ2v) is 6.70. The van der Waals surface area contributed by atoms with Crippen LogP contribution in [0.4, 0.5) is 0 Å². The van der Waals surface area contributed by atoms with Gasteiger partial charge in [-0.15, -0.1) is 0 Å². The number of allylic oxidation sites excluding steroid dienone is 1. The lowest BCUT2D eigenvalue weighted by molar-refractivity contribution is -0.136. The Bertz CT molecular complexity index is 947. The van der Waals surface area contributed by atoms with Crippen molar-refractivity contribution in [1.29, 1.82) is 0 Å². The van der Waals surface area contributed by atoms with E-state index in [4.69, 9.17) is 16.3 Å². The van der Waals surface area contributed by atoms with Gasteiger partial charge in [-0.05, 0) is 37.1 Å². The van der Waals surface area contributed by atoms with Crippen LogP contribution in [0.25, 0.3) is 6.08 Å². The Balaban J connectivity index is 2.11. The van der Waals surface area contributed by atoms with Gasteiger partial charge in [-0.2, -0.15) is 0 Å². The first-order valence-corrected chi connectivity index (χ1v) is 8.97. The number of hydrogen-bond donors (Lipinski definition) is 0. The maximum Gasteiger partial charge on any atom is 0.340 e. The van der Waals surface area contributed by atoms with E-state index in [9.17, 15) is 9.59 Å². The van der Waals surface area contributed by atoms with Crippen molar-refractivity contribution in [2.45, 2.75) is 19.9 Å². The smallest absolute Gasteiger partial charge is 0.340 e. The van der Waals surface area contributed by atoms with E-state index in [0.717, 1.165) is 5.56 Å². The van der Waals surface area contributed by atoms with E-state index in [0.29, 0.717) is 16.3 Å². The molecule has 0 aromatic heterocycles. The Labute approximate surface area is 163 Å². The summed E-state index contributed by atoms with van der Waals surface area (Å²) in [6, 6.07) is 16.6. The fourth-order valence-corrected chi connectivity index (χ4v) is 3.48. The first kappa shape index (κ1) is 18.9. The minimum atomic E-state index is -0.540. The molecule has 0 aliphatic carbocycles. The van der Waals surface area contributed by atoms with Crippen LogP contribution in [0, 0.1) is 0 Å². The largest absolute Gasteiger partial charge is 0.465 e. The highest BCUT2D eigenvalue weighted by molar-refractivity contribution is 6.32. The van der Waals surface area contributed by atoms with Crippen LogP contribution in [-0.4, -0.2) is 23.9 Å². The lowest BCUT2D eigenvalue weighted by atomic mass is 10.0. The average Bonchev–Trinajstić information content (AvgIpc) is 2.93. The van der Waals surface area contributed by atoms with E-state index in [1.54, 1.807) is 30.0 Å². The lowest BCUT2D eigenvalue weighted by Gasteiger charge is -2.26. The number of nitrogens with zero attached hydrogens (tertiary/aromatic N) is 1. The predicted molar refractivity (Wildman–Crippen MR) is 106 cm³/mol. The van der Waals surface area contributed by atoms with Crippen molar-refractivity contribution in [1.82, 2.24) is 4.90 Å². The summed E-state index contributed by atoms with van der Waals surface area (Å²) in [5.74, 6) is -0.786. The van der Waals surface area contributed by atoms with Crippen molar-refractivity contribution in [3.8, 4) is 0 Å². The zero-order valence-electron chi connectivity index (χ0n) is 15.4. The third-order valence-corrected chi connectivity index (χ3v) is 5.05. The van der Waals surface area contributed by atoms with Crippen molar-refractivity contribution >= 4 is 29.6 Å². The number of carbonyl (C=O) groups excluding carboxylic acids is 2.